The third-order valence-electron chi connectivity index (χ3n) is 3.33. The SMILES string of the molecule is Cc1nc(-c2ccncc2)sc1CC(=O)NCc1ccccn1. The molecular weight excluding hydrogens is 308 g/mol. The van der Waals surface area contributed by atoms with Gasteiger partial charge in [-0.1, -0.05) is 6.07 Å². The highest BCUT2D eigenvalue weighted by Crippen LogP contribution is 2.27. The van der Waals surface area contributed by atoms with Crippen molar-refractivity contribution < 1.29 is 4.79 Å². The first-order valence-electron chi connectivity index (χ1n) is 7.25. The van der Waals surface area contributed by atoms with Crippen LogP contribution >= 0.6 is 11.3 Å². The first-order chi connectivity index (χ1) is 11.2. The highest BCUT2D eigenvalue weighted by atomic mass is 32.1. The lowest BCUT2D eigenvalue weighted by molar-refractivity contribution is -0.120. The minimum atomic E-state index is -0.0244. The lowest BCUT2D eigenvalue weighted by Crippen LogP contribution is -2.24. The molecule has 3 rings (SSSR count). The van der Waals surface area contributed by atoms with Gasteiger partial charge in [-0.2, -0.15) is 0 Å². The number of carbonyl (C=O) groups excluding carboxylic acids is 1. The molecule has 0 aromatic carbocycles. The summed E-state index contributed by atoms with van der Waals surface area (Å²) in [7, 11) is 0. The molecule has 0 spiro atoms. The molecule has 0 bridgehead atoms. The number of aryl methyl sites for hydroxylation is 1. The van der Waals surface area contributed by atoms with Gasteiger partial charge in [-0.3, -0.25) is 14.8 Å². The molecule has 5 nitrogen and oxygen atoms in total. The van der Waals surface area contributed by atoms with E-state index in [9.17, 15) is 4.79 Å². The van der Waals surface area contributed by atoms with Crippen molar-refractivity contribution in [1.82, 2.24) is 20.3 Å². The first-order valence-corrected chi connectivity index (χ1v) is 8.07. The fourth-order valence-electron chi connectivity index (χ4n) is 2.11. The molecule has 1 amide bonds. The van der Waals surface area contributed by atoms with Crippen molar-refractivity contribution in [2.45, 2.75) is 19.9 Å². The minimum Gasteiger partial charge on any atom is -0.350 e. The Bertz CT molecular complexity index is 787. The van der Waals surface area contributed by atoms with Crippen LogP contribution in [0.1, 0.15) is 16.3 Å². The molecule has 6 heteroatoms. The van der Waals surface area contributed by atoms with Crippen molar-refractivity contribution in [2.24, 2.45) is 0 Å². The standard InChI is InChI=1S/C17H16N4OS/c1-12-15(23-17(21-12)13-5-8-18-9-6-13)10-16(22)20-11-14-4-2-3-7-19-14/h2-9H,10-11H2,1H3,(H,20,22). The maximum atomic E-state index is 12.1. The molecule has 3 aromatic rings. The average Bonchev–Trinajstić information content (AvgIpc) is 2.95. The van der Waals surface area contributed by atoms with Gasteiger partial charge in [-0.05, 0) is 31.2 Å². The van der Waals surface area contributed by atoms with Crippen LogP contribution in [0.15, 0.2) is 48.9 Å². The molecule has 0 aliphatic carbocycles. The fraction of sp³-hybridized carbons (Fsp3) is 0.176. The van der Waals surface area contributed by atoms with Crippen LogP contribution in [0.2, 0.25) is 0 Å². The van der Waals surface area contributed by atoms with Gasteiger partial charge in [-0.15, -0.1) is 11.3 Å². The quantitative estimate of drug-likeness (QED) is 0.783. The molecule has 0 saturated heterocycles. The number of aromatic nitrogens is 3. The van der Waals surface area contributed by atoms with Gasteiger partial charge in [0.2, 0.25) is 5.91 Å². The molecule has 3 aromatic heterocycles. The minimum absolute atomic E-state index is 0.0244. The molecular formula is C17H16N4OS. The third-order valence-corrected chi connectivity index (χ3v) is 4.54. The van der Waals surface area contributed by atoms with Crippen molar-refractivity contribution >= 4 is 17.2 Å². The summed E-state index contributed by atoms with van der Waals surface area (Å²) in [6.07, 6.45) is 5.54. The molecule has 0 radical (unpaired) electrons. The molecule has 23 heavy (non-hydrogen) atoms. The van der Waals surface area contributed by atoms with Gasteiger partial charge in [0, 0.05) is 29.0 Å². The average molecular weight is 324 g/mol. The summed E-state index contributed by atoms with van der Waals surface area (Å²) in [5.74, 6) is -0.0244. The molecule has 0 aliphatic rings. The van der Waals surface area contributed by atoms with Gasteiger partial charge in [0.05, 0.1) is 24.4 Å². The summed E-state index contributed by atoms with van der Waals surface area (Å²) >= 11 is 1.55. The summed E-state index contributed by atoms with van der Waals surface area (Å²) in [6.45, 7) is 2.37. The highest BCUT2D eigenvalue weighted by Gasteiger charge is 2.13. The Morgan fingerprint density at radius 3 is 2.74 bits per heavy atom. The normalized spacial score (nSPS) is 10.5. The Kier molecular flexibility index (Phi) is 4.73. The Balaban J connectivity index is 1.64. The van der Waals surface area contributed by atoms with Crippen LogP contribution in [-0.4, -0.2) is 20.9 Å². The number of thiazole rings is 1. The smallest absolute Gasteiger partial charge is 0.225 e. The molecule has 0 saturated carbocycles. The van der Waals surface area contributed by atoms with Gasteiger partial charge in [0.1, 0.15) is 5.01 Å². The number of amides is 1. The van der Waals surface area contributed by atoms with Gasteiger partial charge in [-0.25, -0.2) is 4.98 Å². The molecule has 0 unspecified atom stereocenters. The Labute approximate surface area is 138 Å². The zero-order valence-electron chi connectivity index (χ0n) is 12.7. The lowest BCUT2D eigenvalue weighted by Gasteiger charge is -2.03. The number of pyridine rings is 2. The fourth-order valence-corrected chi connectivity index (χ4v) is 3.18. The monoisotopic (exact) mass is 324 g/mol. The van der Waals surface area contributed by atoms with Gasteiger partial charge in [0.25, 0.3) is 0 Å². The summed E-state index contributed by atoms with van der Waals surface area (Å²) in [5, 5.41) is 3.81. The number of hydrogen-bond acceptors (Lipinski definition) is 5. The van der Waals surface area contributed by atoms with E-state index in [1.54, 1.807) is 29.9 Å². The van der Waals surface area contributed by atoms with Crippen LogP contribution in [-0.2, 0) is 17.8 Å². The van der Waals surface area contributed by atoms with Crippen molar-refractivity contribution in [3.63, 3.8) is 0 Å². The molecule has 3 heterocycles. The molecule has 0 fully saturated rings. The van der Waals surface area contributed by atoms with E-state index in [1.807, 2.05) is 37.3 Å². The van der Waals surface area contributed by atoms with Crippen LogP contribution < -0.4 is 5.32 Å². The predicted octanol–water partition coefficient (Wildman–Crippen LogP) is 2.77. The van der Waals surface area contributed by atoms with Crippen LogP contribution in [0.3, 0.4) is 0 Å². The van der Waals surface area contributed by atoms with E-state index in [1.165, 1.54) is 0 Å². The maximum Gasteiger partial charge on any atom is 0.225 e. The van der Waals surface area contributed by atoms with Gasteiger partial charge >= 0.3 is 0 Å². The summed E-state index contributed by atoms with van der Waals surface area (Å²) in [5.41, 5.74) is 2.77. The number of carbonyl (C=O) groups is 1. The molecule has 116 valence electrons. The third kappa shape index (κ3) is 3.98. The van der Waals surface area contributed by atoms with Crippen LogP contribution in [0, 0.1) is 6.92 Å². The van der Waals surface area contributed by atoms with E-state index in [-0.39, 0.29) is 5.91 Å². The largest absolute Gasteiger partial charge is 0.350 e. The second-order valence-electron chi connectivity index (χ2n) is 5.04. The zero-order chi connectivity index (χ0) is 16.1. The maximum absolute atomic E-state index is 12.1. The number of nitrogens with zero attached hydrogens (tertiary/aromatic N) is 3. The van der Waals surface area contributed by atoms with Crippen molar-refractivity contribution in [1.29, 1.82) is 0 Å². The van der Waals surface area contributed by atoms with Crippen molar-refractivity contribution in [2.75, 3.05) is 0 Å². The van der Waals surface area contributed by atoms with Crippen LogP contribution in [0.5, 0.6) is 0 Å². The second-order valence-corrected chi connectivity index (χ2v) is 6.12. The summed E-state index contributed by atoms with van der Waals surface area (Å²) in [4.78, 5) is 25.8. The van der Waals surface area contributed by atoms with Gasteiger partial charge < -0.3 is 5.32 Å². The topological polar surface area (TPSA) is 67.8 Å². The number of hydrogen-bond donors (Lipinski definition) is 1. The Hall–Kier alpha value is -2.60. The highest BCUT2D eigenvalue weighted by molar-refractivity contribution is 7.15. The van der Waals surface area contributed by atoms with E-state index < -0.39 is 0 Å². The van der Waals surface area contributed by atoms with E-state index in [2.05, 4.69) is 20.3 Å². The summed E-state index contributed by atoms with van der Waals surface area (Å²) < 4.78 is 0. The van der Waals surface area contributed by atoms with E-state index in [0.29, 0.717) is 13.0 Å². The lowest BCUT2D eigenvalue weighted by atomic mass is 10.2. The summed E-state index contributed by atoms with van der Waals surface area (Å²) in [6, 6.07) is 9.49. The van der Waals surface area contributed by atoms with Crippen molar-refractivity contribution in [3.05, 3.63) is 65.2 Å². The zero-order valence-corrected chi connectivity index (χ0v) is 13.5. The number of rotatable bonds is 5. The van der Waals surface area contributed by atoms with Crippen molar-refractivity contribution in [3.8, 4) is 10.6 Å². The molecule has 0 atom stereocenters. The Morgan fingerprint density at radius 2 is 2.00 bits per heavy atom. The Morgan fingerprint density at radius 1 is 1.17 bits per heavy atom. The van der Waals surface area contributed by atoms with Crippen LogP contribution in [0.4, 0.5) is 0 Å². The van der Waals surface area contributed by atoms with E-state index >= 15 is 0 Å². The number of nitrogens with one attached hydrogen (secondary N) is 1. The van der Waals surface area contributed by atoms with E-state index in [4.69, 9.17) is 0 Å². The predicted molar refractivity (Wildman–Crippen MR) is 89.9 cm³/mol. The molecule has 0 aliphatic heterocycles. The second kappa shape index (κ2) is 7.11. The van der Waals surface area contributed by atoms with E-state index in [0.717, 1.165) is 26.8 Å². The van der Waals surface area contributed by atoms with Gasteiger partial charge in [0.15, 0.2) is 0 Å². The first kappa shape index (κ1) is 15.3. The molecule has 1 N–H and O–H groups in total. The van der Waals surface area contributed by atoms with Crippen LogP contribution in [0.25, 0.3) is 10.6 Å².